The highest BCUT2D eigenvalue weighted by Gasteiger charge is 2.17. The highest BCUT2D eigenvalue weighted by molar-refractivity contribution is 9.10. The summed E-state index contributed by atoms with van der Waals surface area (Å²) in [6, 6.07) is 24.5. The van der Waals surface area contributed by atoms with Crippen molar-refractivity contribution in [3.63, 3.8) is 0 Å². The molecule has 0 aliphatic rings. The van der Waals surface area contributed by atoms with Gasteiger partial charge in [0.25, 0.3) is 11.5 Å². The van der Waals surface area contributed by atoms with Gasteiger partial charge in [0.15, 0.2) is 12.4 Å². The Morgan fingerprint density at radius 1 is 1.07 bits per heavy atom. The van der Waals surface area contributed by atoms with E-state index in [4.69, 9.17) is 25.7 Å². The predicted molar refractivity (Wildman–Crippen MR) is 164 cm³/mol. The van der Waals surface area contributed by atoms with Crippen LogP contribution in [0.15, 0.2) is 110 Å². The fraction of sp³-hybridized carbons (Fsp3) is 0.0323. The molecule has 0 saturated carbocycles. The number of amides is 1. The van der Waals surface area contributed by atoms with E-state index in [0.29, 0.717) is 44.3 Å². The van der Waals surface area contributed by atoms with Gasteiger partial charge in [-0.3, -0.25) is 9.59 Å². The number of carbonyl (C=O) groups excluding carboxylic acids is 1. The quantitative estimate of drug-likeness (QED) is 0.184. The summed E-state index contributed by atoms with van der Waals surface area (Å²) in [4.78, 5) is 30.7. The average Bonchev–Trinajstić information content (AvgIpc) is 3.40. The van der Waals surface area contributed by atoms with Crippen LogP contribution in [0.3, 0.4) is 0 Å². The van der Waals surface area contributed by atoms with Gasteiger partial charge in [0.1, 0.15) is 17.1 Å². The molecule has 42 heavy (non-hydrogen) atoms. The third-order valence-electron chi connectivity index (χ3n) is 6.22. The third-order valence-corrected chi connectivity index (χ3v) is 6.95. The van der Waals surface area contributed by atoms with E-state index < -0.39 is 17.3 Å². The van der Waals surface area contributed by atoms with Crippen molar-refractivity contribution in [3.05, 3.63) is 122 Å². The van der Waals surface area contributed by atoms with Gasteiger partial charge >= 0.3 is 0 Å². The van der Waals surface area contributed by atoms with E-state index in [1.807, 2.05) is 18.2 Å². The molecule has 208 valence electrons. The van der Waals surface area contributed by atoms with Gasteiger partial charge in [-0.25, -0.2) is 9.37 Å². The van der Waals surface area contributed by atoms with Crippen LogP contribution in [0.5, 0.6) is 5.75 Å². The fourth-order valence-electron chi connectivity index (χ4n) is 4.26. The highest BCUT2D eigenvalue weighted by atomic mass is 79.9. The predicted octanol–water partition coefficient (Wildman–Crippen LogP) is 7.26. The van der Waals surface area contributed by atoms with Crippen molar-refractivity contribution < 1.29 is 18.3 Å². The molecule has 0 radical (unpaired) electrons. The van der Waals surface area contributed by atoms with Crippen LogP contribution in [0.2, 0.25) is 5.02 Å². The van der Waals surface area contributed by atoms with Crippen molar-refractivity contribution >= 4 is 67.2 Å². The first kappa shape index (κ1) is 27.4. The van der Waals surface area contributed by atoms with Gasteiger partial charge in [-0.05, 0) is 78.9 Å². The molecule has 6 rings (SSSR count). The molecule has 0 fully saturated rings. The normalized spacial score (nSPS) is 11.4. The van der Waals surface area contributed by atoms with E-state index in [1.54, 1.807) is 48.5 Å². The minimum Gasteiger partial charge on any atom is -0.483 e. The number of benzene rings is 4. The van der Waals surface area contributed by atoms with Crippen molar-refractivity contribution in [2.75, 3.05) is 11.9 Å². The zero-order valence-electron chi connectivity index (χ0n) is 21.6. The molecule has 0 bridgehead atoms. The number of halogens is 3. The Morgan fingerprint density at radius 2 is 1.88 bits per heavy atom. The molecule has 1 amide bonds. The zero-order chi connectivity index (χ0) is 29.2. The number of nitrogens with zero attached hydrogens (tertiary/aromatic N) is 3. The maximum atomic E-state index is 13.6. The second-order valence-electron chi connectivity index (χ2n) is 9.13. The van der Waals surface area contributed by atoms with Gasteiger partial charge in [-0.15, -0.1) is 0 Å². The molecule has 8 nitrogen and oxygen atoms in total. The van der Waals surface area contributed by atoms with Gasteiger partial charge < -0.3 is 14.5 Å². The van der Waals surface area contributed by atoms with Crippen LogP contribution < -0.4 is 15.6 Å². The molecule has 4 aromatic carbocycles. The van der Waals surface area contributed by atoms with Crippen molar-refractivity contribution in [1.82, 2.24) is 9.66 Å². The van der Waals surface area contributed by atoms with E-state index in [9.17, 15) is 14.0 Å². The minimum absolute atomic E-state index is 0.199. The maximum Gasteiger partial charge on any atom is 0.282 e. The number of para-hydroxylation sites is 1. The first-order valence-electron chi connectivity index (χ1n) is 12.6. The molecule has 0 atom stereocenters. The smallest absolute Gasteiger partial charge is 0.282 e. The lowest BCUT2D eigenvalue weighted by Gasteiger charge is -2.11. The van der Waals surface area contributed by atoms with Crippen LogP contribution in [0.4, 0.5) is 10.1 Å². The summed E-state index contributed by atoms with van der Waals surface area (Å²) in [7, 11) is 0. The minimum atomic E-state index is -0.451. The molecule has 6 aromatic rings. The fourth-order valence-corrected chi connectivity index (χ4v) is 4.82. The molecule has 0 saturated heterocycles. The van der Waals surface area contributed by atoms with Crippen LogP contribution in [0.1, 0.15) is 5.56 Å². The van der Waals surface area contributed by atoms with Gasteiger partial charge in [-0.2, -0.15) is 9.78 Å². The van der Waals surface area contributed by atoms with Gasteiger partial charge in [0.05, 0.1) is 17.1 Å². The molecular formula is C31H19BrClFN4O4. The number of hydrogen-bond donors (Lipinski definition) is 1. The first-order chi connectivity index (χ1) is 20.3. The number of carbonyl (C=O) groups is 1. The summed E-state index contributed by atoms with van der Waals surface area (Å²) < 4.78 is 27.0. The summed E-state index contributed by atoms with van der Waals surface area (Å²) in [5.41, 5.74) is 1.55. The molecule has 0 aliphatic carbocycles. The largest absolute Gasteiger partial charge is 0.483 e. The number of aromatic nitrogens is 2. The summed E-state index contributed by atoms with van der Waals surface area (Å²) >= 11 is 9.71. The first-order valence-corrected chi connectivity index (χ1v) is 13.7. The van der Waals surface area contributed by atoms with Crippen molar-refractivity contribution in [3.8, 4) is 17.3 Å². The molecular weight excluding hydrogens is 627 g/mol. The lowest BCUT2D eigenvalue weighted by Crippen LogP contribution is -2.21. The second kappa shape index (κ2) is 11.6. The molecule has 2 heterocycles. The Bertz CT molecular complexity index is 2060. The molecule has 0 spiro atoms. The summed E-state index contributed by atoms with van der Waals surface area (Å²) in [6.07, 6.45) is 1.40. The van der Waals surface area contributed by atoms with E-state index in [2.05, 4.69) is 26.3 Å². The van der Waals surface area contributed by atoms with Crippen LogP contribution >= 0.6 is 27.5 Å². The maximum absolute atomic E-state index is 13.6. The molecule has 0 unspecified atom stereocenters. The summed E-state index contributed by atoms with van der Waals surface area (Å²) in [5, 5.41) is 8.69. The summed E-state index contributed by atoms with van der Waals surface area (Å²) in [5.74, 6) is -0.0114. The Morgan fingerprint density at radius 3 is 2.71 bits per heavy atom. The standard InChI is InChI=1S/C31H19BrClFN4O4/c32-20-5-11-27-18(13-20)15-28(42-27)30-37-25-4-2-1-3-24(25)31(40)38(30)35-16-19-14-21(33)6-12-26(19)41-17-29(39)36-23-9-7-22(34)8-10-23/h1-16H,17H2,(H,36,39). The number of hydrogen-bond acceptors (Lipinski definition) is 6. The summed E-state index contributed by atoms with van der Waals surface area (Å²) in [6.45, 7) is -0.336. The number of ether oxygens (including phenoxy) is 1. The number of fused-ring (bicyclic) bond motifs is 2. The molecule has 0 aliphatic heterocycles. The Hall–Kier alpha value is -4.80. The third kappa shape index (κ3) is 5.81. The molecule has 2 aromatic heterocycles. The second-order valence-corrected chi connectivity index (χ2v) is 10.5. The van der Waals surface area contributed by atoms with Crippen molar-refractivity contribution in [2.45, 2.75) is 0 Å². The van der Waals surface area contributed by atoms with Crippen LogP contribution in [0, 0.1) is 5.82 Å². The topological polar surface area (TPSA) is 98.7 Å². The lowest BCUT2D eigenvalue weighted by molar-refractivity contribution is -0.118. The Balaban J connectivity index is 1.35. The molecule has 11 heteroatoms. The highest BCUT2D eigenvalue weighted by Crippen LogP contribution is 2.29. The van der Waals surface area contributed by atoms with E-state index >= 15 is 0 Å². The van der Waals surface area contributed by atoms with E-state index in [1.165, 1.54) is 30.5 Å². The number of anilines is 1. The Kier molecular flexibility index (Phi) is 7.56. The number of furan rings is 1. The van der Waals surface area contributed by atoms with E-state index in [-0.39, 0.29) is 12.4 Å². The van der Waals surface area contributed by atoms with E-state index in [0.717, 1.165) is 14.5 Å². The van der Waals surface area contributed by atoms with Gasteiger partial charge in [0.2, 0.25) is 5.82 Å². The van der Waals surface area contributed by atoms with Gasteiger partial charge in [0, 0.05) is 26.1 Å². The van der Waals surface area contributed by atoms with Crippen LogP contribution in [-0.2, 0) is 4.79 Å². The number of nitrogens with one attached hydrogen (secondary N) is 1. The monoisotopic (exact) mass is 644 g/mol. The van der Waals surface area contributed by atoms with Crippen LogP contribution in [-0.4, -0.2) is 28.4 Å². The van der Waals surface area contributed by atoms with Gasteiger partial charge in [-0.1, -0.05) is 39.7 Å². The van der Waals surface area contributed by atoms with Crippen molar-refractivity contribution in [1.29, 1.82) is 0 Å². The number of rotatable bonds is 7. The zero-order valence-corrected chi connectivity index (χ0v) is 23.9. The van der Waals surface area contributed by atoms with Crippen molar-refractivity contribution in [2.24, 2.45) is 5.10 Å². The SMILES string of the molecule is O=C(COc1ccc(Cl)cc1C=Nn1c(-c2cc3cc(Br)ccc3o2)nc2ccccc2c1=O)Nc1ccc(F)cc1. The average molecular weight is 646 g/mol. The molecule has 1 N–H and O–H groups in total. The lowest BCUT2D eigenvalue weighted by atomic mass is 10.2. The Labute approximate surface area is 251 Å². The van der Waals surface area contributed by atoms with Crippen LogP contribution in [0.25, 0.3) is 33.5 Å².